The summed E-state index contributed by atoms with van der Waals surface area (Å²) in [6.07, 6.45) is 10.4. The van der Waals surface area contributed by atoms with Gasteiger partial charge < -0.3 is 10.2 Å². The minimum Gasteiger partial charge on any atom is -0.310 e. The second-order valence-electron chi connectivity index (χ2n) is 5.93. The summed E-state index contributed by atoms with van der Waals surface area (Å²) in [4.78, 5) is 2.75. The van der Waals surface area contributed by atoms with Gasteiger partial charge >= 0.3 is 0 Å². The van der Waals surface area contributed by atoms with E-state index in [-0.39, 0.29) is 0 Å². The van der Waals surface area contributed by atoms with E-state index in [4.69, 9.17) is 0 Å². The smallest absolute Gasteiger partial charge is 0.0134 e. The summed E-state index contributed by atoms with van der Waals surface area (Å²) < 4.78 is 0. The van der Waals surface area contributed by atoms with Gasteiger partial charge in [-0.1, -0.05) is 25.8 Å². The van der Waals surface area contributed by atoms with Gasteiger partial charge in [0.15, 0.2) is 0 Å². The highest BCUT2D eigenvalue weighted by molar-refractivity contribution is 4.85. The van der Waals surface area contributed by atoms with Gasteiger partial charge in [0.05, 0.1) is 0 Å². The maximum absolute atomic E-state index is 3.77. The molecule has 0 aromatic carbocycles. The van der Waals surface area contributed by atoms with Gasteiger partial charge in [0.2, 0.25) is 0 Å². The number of hydrogen-bond acceptors (Lipinski definition) is 2. The Hall–Kier alpha value is -0.340. The molecule has 1 aliphatic carbocycles. The van der Waals surface area contributed by atoms with Gasteiger partial charge in [-0.05, 0) is 44.7 Å². The summed E-state index contributed by atoms with van der Waals surface area (Å²) >= 11 is 0. The van der Waals surface area contributed by atoms with E-state index in [0.29, 0.717) is 0 Å². The van der Waals surface area contributed by atoms with Crippen molar-refractivity contribution in [3.63, 3.8) is 0 Å². The Balaban J connectivity index is 1.72. The van der Waals surface area contributed by atoms with E-state index in [1.165, 1.54) is 51.6 Å². The Morgan fingerprint density at radius 2 is 2.00 bits per heavy atom. The zero-order valence-corrected chi connectivity index (χ0v) is 11.3. The van der Waals surface area contributed by atoms with Crippen molar-refractivity contribution in [3.05, 3.63) is 12.7 Å². The number of rotatable bonds is 4. The van der Waals surface area contributed by atoms with E-state index in [1.807, 2.05) is 6.08 Å². The lowest BCUT2D eigenvalue weighted by Gasteiger charge is -2.41. The quantitative estimate of drug-likeness (QED) is 0.755. The first-order valence-corrected chi connectivity index (χ1v) is 7.38. The summed E-state index contributed by atoms with van der Waals surface area (Å²) in [5, 5.41) is 3.56. The number of hydrogen-bond donors (Lipinski definition) is 1. The normalized spacial score (nSPS) is 32.5. The van der Waals surface area contributed by atoms with Crippen LogP contribution in [-0.4, -0.2) is 36.6 Å². The Morgan fingerprint density at radius 3 is 2.65 bits per heavy atom. The SMILES string of the molecule is C=CCNC1CCN(C2CCCC(C)C2)CC1. The molecule has 2 nitrogen and oxygen atoms in total. The topological polar surface area (TPSA) is 15.3 Å². The molecule has 1 saturated heterocycles. The second kappa shape index (κ2) is 6.55. The summed E-state index contributed by atoms with van der Waals surface area (Å²) in [5.74, 6) is 0.949. The van der Waals surface area contributed by atoms with Crippen molar-refractivity contribution in [2.45, 2.75) is 57.5 Å². The molecule has 1 heterocycles. The second-order valence-corrected chi connectivity index (χ2v) is 5.93. The van der Waals surface area contributed by atoms with Gasteiger partial charge in [-0.2, -0.15) is 0 Å². The lowest BCUT2D eigenvalue weighted by atomic mass is 9.85. The van der Waals surface area contributed by atoms with Gasteiger partial charge in [0.25, 0.3) is 0 Å². The molecule has 0 aromatic heterocycles. The van der Waals surface area contributed by atoms with Crippen LogP contribution in [0.4, 0.5) is 0 Å². The molecule has 2 atom stereocenters. The Morgan fingerprint density at radius 1 is 1.24 bits per heavy atom. The fourth-order valence-corrected chi connectivity index (χ4v) is 3.45. The van der Waals surface area contributed by atoms with Crippen LogP contribution in [0.1, 0.15) is 45.4 Å². The average molecular weight is 236 g/mol. The third-order valence-electron chi connectivity index (χ3n) is 4.51. The van der Waals surface area contributed by atoms with E-state index in [2.05, 4.69) is 23.7 Å². The Bertz CT molecular complexity index is 231. The molecule has 2 aliphatic rings. The molecule has 0 radical (unpaired) electrons. The maximum Gasteiger partial charge on any atom is 0.0134 e. The van der Waals surface area contributed by atoms with Crippen molar-refractivity contribution in [2.24, 2.45) is 5.92 Å². The van der Waals surface area contributed by atoms with Crippen LogP contribution < -0.4 is 5.32 Å². The molecule has 1 aliphatic heterocycles. The zero-order valence-electron chi connectivity index (χ0n) is 11.3. The number of nitrogens with one attached hydrogen (secondary N) is 1. The highest BCUT2D eigenvalue weighted by Gasteiger charge is 2.27. The molecule has 0 aromatic rings. The van der Waals surface area contributed by atoms with Crippen LogP contribution >= 0.6 is 0 Å². The highest BCUT2D eigenvalue weighted by atomic mass is 15.2. The van der Waals surface area contributed by atoms with E-state index in [9.17, 15) is 0 Å². The summed E-state index contributed by atoms with van der Waals surface area (Å²) in [6, 6.07) is 1.62. The molecule has 0 spiro atoms. The molecular weight excluding hydrogens is 208 g/mol. The van der Waals surface area contributed by atoms with Crippen molar-refractivity contribution >= 4 is 0 Å². The van der Waals surface area contributed by atoms with E-state index in [1.54, 1.807) is 0 Å². The maximum atomic E-state index is 3.77. The van der Waals surface area contributed by atoms with Crippen LogP contribution in [-0.2, 0) is 0 Å². The molecule has 2 unspecified atom stereocenters. The molecule has 2 heteroatoms. The highest BCUT2D eigenvalue weighted by Crippen LogP contribution is 2.28. The predicted molar refractivity (Wildman–Crippen MR) is 74.2 cm³/mol. The Labute approximate surface area is 106 Å². The third kappa shape index (κ3) is 3.82. The molecular formula is C15H28N2. The van der Waals surface area contributed by atoms with Gasteiger partial charge in [0.1, 0.15) is 0 Å². The first-order chi connectivity index (χ1) is 8.29. The van der Waals surface area contributed by atoms with E-state index < -0.39 is 0 Å². The van der Waals surface area contributed by atoms with Crippen molar-refractivity contribution in [1.82, 2.24) is 10.2 Å². The molecule has 2 fully saturated rings. The fourth-order valence-electron chi connectivity index (χ4n) is 3.45. The standard InChI is InChI=1S/C15H28N2/c1-3-9-16-14-7-10-17(11-8-14)15-6-4-5-13(2)12-15/h3,13-16H,1,4-12H2,2H3. The monoisotopic (exact) mass is 236 g/mol. The molecule has 1 saturated carbocycles. The molecule has 2 rings (SSSR count). The fraction of sp³-hybridized carbons (Fsp3) is 0.867. The lowest BCUT2D eigenvalue weighted by molar-refractivity contribution is 0.101. The van der Waals surface area contributed by atoms with E-state index in [0.717, 1.165) is 24.5 Å². The Kier molecular flexibility index (Phi) is 5.05. The van der Waals surface area contributed by atoms with Crippen LogP contribution in [0.3, 0.4) is 0 Å². The molecule has 1 N–H and O–H groups in total. The van der Waals surface area contributed by atoms with Crippen molar-refractivity contribution in [1.29, 1.82) is 0 Å². The average Bonchev–Trinajstić information content (AvgIpc) is 2.37. The van der Waals surface area contributed by atoms with Gasteiger partial charge in [-0.25, -0.2) is 0 Å². The van der Waals surface area contributed by atoms with Crippen molar-refractivity contribution in [2.75, 3.05) is 19.6 Å². The summed E-state index contributed by atoms with van der Waals surface area (Å²) in [5.41, 5.74) is 0. The van der Waals surface area contributed by atoms with Gasteiger partial charge in [-0.15, -0.1) is 6.58 Å². The van der Waals surface area contributed by atoms with Crippen molar-refractivity contribution < 1.29 is 0 Å². The first-order valence-electron chi connectivity index (χ1n) is 7.38. The largest absolute Gasteiger partial charge is 0.310 e. The summed E-state index contributed by atoms with van der Waals surface area (Å²) in [7, 11) is 0. The predicted octanol–water partition coefficient (Wildman–Crippen LogP) is 2.81. The van der Waals surface area contributed by atoms with Gasteiger partial charge in [-0.3, -0.25) is 0 Å². The van der Waals surface area contributed by atoms with Crippen LogP contribution in [0.25, 0.3) is 0 Å². The number of nitrogens with zero attached hydrogens (tertiary/aromatic N) is 1. The number of piperidine rings is 1. The minimum absolute atomic E-state index is 0.727. The van der Waals surface area contributed by atoms with Crippen LogP contribution in [0.15, 0.2) is 12.7 Å². The van der Waals surface area contributed by atoms with Gasteiger partial charge in [0, 0.05) is 18.6 Å². The van der Waals surface area contributed by atoms with Crippen LogP contribution in [0.5, 0.6) is 0 Å². The number of likely N-dealkylation sites (tertiary alicyclic amines) is 1. The van der Waals surface area contributed by atoms with E-state index >= 15 is 0 Å². The molecule has 98 valence electrons. The third-order valence-corrected chi connectivity index (χ3v) is 4.51. The first kappa shape index (κ1) is 13.1. The van der Waals surface area contributed by atoms with Crippen molar-refractivity contribution in [3.8, 4) is 0 Å². The molecule has 0 amide bonds. The summed E-state index contributed by atoms with van der Waals surface area (Å²) in [6.45, 7) is 9.75. The molecule has 17 heavy (non-hydrogen) atoms. The zero-order chi connectivity index (χ0) is 12.1. The van der Waals surface area contributed by atoms with Crippen LogP contribution in [0, 0.1) is 5.92 Å². The lowest BCUT2D eigenvalue weighted by Crippen LogP contribution is -2.47. The minimum atomic E-state index is 0.727. The van der Waals surface area contributed by atoms with Crippen LogP contribution in [0.2, 0.25) is 0 Å². The molecule has 0 bridgehead atoms.